The second-order valence-electron chi connectivity index (χ2n) is 4.81. The molecule has 3 N–H and O–H groups in total. The first kappa shape index (κ1) is 15.1. The van der Waals surface area contributed by atoms with E-state index in [-0.39, 0.29) is 16.7 Å². The van der Waals surface area contributed by atoms with Gasteiger partial charge in [0.05, 0.1) is 11.7 Å². The number of nitrogens with two attached hydrogens (primary N) is 1. The number of anilines is 1. The highest BCUT2D eigenvalue weighted by molar-refractivity contribution is 7.80. The second kappa shape index (κ2) is 5.57. The zero-order chi connectivity index (χ0) is 14.9. The molecule has 0 aromatic heterocycles. The lowest BCUT2D eigenvalue weighted by molar-refractivity contribution is -0.137. The molecule has 0 aliphatic carbocycles. The van der Waals surface area contributed by atoms with Crippen molar-refractivity contribution in [3.8, 4) is 0 Å². The molecule has 2 rings (SSSR count). The Kier molecular flexibility index (Phi) is 4.19. The number of hydrogen-bond acceptors (Lipinski definition) is 3. The molecule has 1 aliphatic heterocycles. The zero-order valence-corrected chi connectivity index (χ0v) is 11.5. The first-order valence-corrected chi connectivity index (χ1v) is 6.64. The van der Waals surface area contributed by atoms with E-state index in [2.05, 4.69) is 0 Å². The van der Waals surface area contributed by atoms with Gasteiger partial charge in [0.15, 0.2) is 0 Å². The van der Waals surface area contributed by atoms with Crippen molar-refractivity contribution in [1.82, 2.24) is 0 Å². The number of rotatable bonds is 2. The molecule has 110 valence electrons. The number of aliphatic hydroxyl groups excluding tert-OH is 1. The Bertz CT molecular complexity index is 511. The van der Waals surface area contributed by atoms with E-state index in [9.17, 15) is 18.3 Å². The molecule has 0 unspecified atom stereocenters. The van der Waals surface area contributed by atoms with Gasteiger partial charge in [0.25, 0.3) is 0 Å². The van der Waals surface area contributed by atoms with Crippen LogP contribution in [0.2, 0.25) is 0 Å². The molecule has 1 aromatic carbocycles. The number of alkyl halides is 3. The summed E-state index contributed by atoms with van der Waals surface area (Å²) < 4.78 is 38.2. The van der Waals surface area contributed by atoms with Gasteiger partial charge < -0.3 is 15.7 Å². The lowest BCUT2D eigenvalue weighted by atomic mass is 10.0. The van der Waals surface area contributed by atoms with E-state index >= 15 is 0 Å². The Morgan fingerprint density at radius 1 is 1.30 bits per heavy atom. The molecular formula is C13H15F3N2OS. The maximum absolute atomic E-state index is 12.7. The van der Waals surface area contributed by atoms with E-state index in [4.69, 9.17) is 18.0 Å². The fourth-order valence-corrected chi connectivity index (χ4v) is 2.46. The van der Waals surface area contributed by atoms with Crippen LogP contribution in [0.1, 0.15) is 24.0 Å². The van der Waals surface area contributed by atoms with Crippen molar-refractivity contribution in [2.75, 3.05) is 18.0 Å². The summed E-state index contributed by atoms with van der Waals surface area (Å²) in [5, 5.41) is 9.48. The van der Waals surface area contributed by atoms with E-state index in [0.29, 0.717) is 31.6 Å². The highest BCUT2D eigenvalue weighted by Crippen LogP contribution is 2.33. The lowest BCUT2D eigenvalue weighted by Crippen LogP contribution is -2.37. The van der Waals surface area contributed by atoms with Crippen LogP contribution in [-0.4, -0.2) is 29.3 Å². The minimum absolute atomic E-state index is 0.0581. The summed E-state index contributed by atoms with van der Waals surface area (Å²) >= 11 is 4.86. The fraction of sp³-hybridized carbons (Fsp3) is 0.462. The predicted octanol–water partition coefficient (Wildman–Crippen LogP) is 2.30. The van der Waals surface area contributed by atoms with Crippen molar-refractivity contribution < 1.29 is 18.3 Å². The molecule has 0 saturated carbocycles. The third-order valence-electron chi connectivity index (χ3n) is 3.39. The average Bonchev–Trinajstić information content (AvgIpc) is 2.38. The number of benzene rings is 1. The maximum atomic E-state index is 12.7. The summed E-state index contributed by atoms with van der Waals surface area (Å²) in [6, 6.07) is 3.42. The van der Waals surface area contributed by atoms with Crippen LogP contribution < -0.4 is 10.6 Å². The summed E-state index contributed by atoms with van der Waals surface area (Å²) in [7, 11) is 0. The summed E-state index contributed by atoms with van der Waals surface area (Å²) in [5.41, 5.74) is 5.61. The maximum Gasteiger partial charge on any atom is 0.416 e. The number of aliphatic hydroxyl groups is 1. The first-order valence-electron chi connectivity index (χ1n) is 6.23. The molecule has 1 aliphatic rings. The summed E-state index contributed by atoms with van der Waals surface area (Å²) in [5.74, 6) is 0. The normalized spacial score (nSPS) is 17.3. The van der Waals surface area contributed by atoms with Crippen molar-refractivity contribution in [3.05, 3.63) is 29.3 Å². The van der Waals surface area contributed by atoms with E-state index in [1.54, 1.807) is 0 Å². The monoisotopic (exact) mass is 304 g/mol. The molecule has 0 spiro atoms. The SMILES string of the molecule is NC(=S)c1cc(C(F)(F)F)ccc1N1CCC(O)CC1. The molecular weight excluding hydrogens is 289 g/mol. The van der Waals surface area contributed by atoms with Gasteiger partial charge in [-0.3, -0.25) is 0 Å². The Hall–Kier alpha value is -1.34. The molecule has 1 heterocycles. The average molecular weight is 304 g/mol. The molecule has 1 saturated heterocycles. The quantitative estimate of drug-likeness (QED) is 0.823. The smallest absolute Gasteiger partial charge is 0.393 e. The van der Waals surface area contributed by atoms with Gasteiger partial charge in [0, 0.05) is 24.3 Å². The van der Waals surface area contributed by atoms with E-state index in [0.717, 1.165) is 12.1 Å². The summed E-state index contributed by atoms with van der Waals surface area (Å²) in [6.45, 7) is 1.14. The Morgan fingerprint density at radius 3 is 2.40 bits per heavy atom. The van der Waals surface area contributed by atoms with Crippen molar-refractivity contribution in [2.45, 2.75) is 25.1 Å². The summed E-state index contributed by atoms with van der Waals surface area (Å²) in [4.78, 5) is 1.85. The Labute approximate surface area is 120 Å². The molecule has 0 bridgehead atoms. The first-order chi connectivity index (χ1) is 9.29. The molecule has 1 aromatic rings. The molecule has 7 heteroatoms. The van der Waals surface area contributed by atoms with Crippen LogP contribution in [0, 0.1) is 0 Å². The van der Waals surface area contributed by atoms with Crippen LogP contribution in [0.15, 0.2) is 18.2 Å². The lowest BCUT2D eigenvalue weighted by Gasteiger charge is -2.33. The predicted molar refractivity (Wildman–Crippen MR) is 74.8 cm³/mol. The molecule has 0 atom stereocenters. The number of piperidine rings is 1. The zero-order valence-electron chi connectivity index (χ0n) is 10.7. The van der Waals surface area contributed by atoms with Crippen LogP contribution in [-0.2, 0) is 6.18 Å². The third kappa shape index (κ3) is 3.21. The van der Waals surface area contributed by atoms with Gasteiger partial charge in [0.2, 0.25) is 0 Å². The second-order valence-corrected chi connectivity index (χ2v) is 5.25. The fourth-order valence-electron chi connectivity index (χ4n) is 2.29. The van der Waals surface area contributed by atoms with Crippen LogP contribution in [0.3, 0.4) is 0 Å². The van der Waals surface area contributed by atoms with Crippen LogP contribution >= 0.6 is 12.2 Å². The van der Waals surface area contributed by atoms with E-state index in [1.807, 2.05) is 4.90 Å². The number of thiocarbonyl (C=S) groups is 1. The van der Waals surface area contributed by atoms with Gasteiger partial charge in [-0.15, -0.1) is 0 Å². The van der Waals surface area contributed by atoms with Gasteiger partial charge in [-0.05, 0) is 31.0 Å². The molecule has 1 fully saturated rings. The number of halogens is 3. The van der Waals surface area contributed by atoms with Gasteiger partial charge in [-0.25, -0.2) is 0 Å². The molecule has 20 heavy (non-hydrogen) atoms. The summed E-state index contributed by atoms with van der Waals surface area (Å²) in [6.07, 6.45) is -3.61. The van der Waals surface area contributed by atoms with E-state index < -0.39 is 11.7 Å². The number of hydrogen-bond donors (Lipinski definition) is 2. The molecule has 3 nitrogen and oxygen atoms in total. The third-order valence-corrected chi connectivity index (χ3v) is 3.61. The Morgan fingerprint density at radius 2 is 1.90 bits per heavy atom. The van der Waals surface area contributed by atoms with Gasteiger partial charge in [-0.1, -0.05) is 12.2 Å². The highest BCUT2D eigenvalue weighted by Gasteiger charge is 2.32. The van der Waals surface area contributed by atoms with Crippen LogP contribution in [0.4, 0.5) is 18.9 Å². The topological polar surface area (TPSA) is 49.5 Å². The van der Waals surface area contributed by atoms with Gasteiger partial charge in [0.1, 0.15) is 4.99 Å². The van der Waals surface area contributed by atoms with Crippen molar-refractivity contribution in [3.63, 3.8) is 0 Å². The molecule has 0 amide bonds. The largest absolute Gasteiger partial charge is 0.416 e. The highest BCUT2D eigenvalue weighted by atomic mass is 32.1. The van der Waals surface area contributed by atoms with Gasteiger partial charge >= 0.3 is 6.18 Å². The minimum Gasteiger partial charge on any atom is -0.393 e. The Balaban J connectivity index is 2.36. The van der Waals surface area contributed by atoms with Crippen molar-refractivity contribution >= 4 is 22.9 Å². The minimum atomic E-state index is -4.42. The van der Waals surface area contributed by atoms with Gasteiger partial charge in [-0.2, -0.15) is 13.2 Å². The van der Waals surface area contributed by atoms with Crippen molar-refractivity contribution in [2.24, 2.45) is 5.73 Å². The molecule has 0 radical (unpaired) electrons. The standard InChI is InChI=1S/C13H15F3N2OS/c14-13(15,16)8-1-2-11(10(7-8)12(17)20)18-5-3-9(19)4-6-18/h1-2,7,9,19H,3-6H2,(H2,17,20). The van der Waals surface area contributed by atoms with Crippen molar-refractivity contribution in [1.29, 1.82) is 0 Å². The van der Waals surface area contributed by atoms with Crippen LogP contribution in [0.25, 0.3) is 0 Å². The number of nitrogens with zero attached hydrogens (tertiary/aromatic N) is 1. The van der Waals surface area contributed by atoms with E-state index in [1.165, 1.54) is 6.07 Å². The van der Waals surface area contributed by atoms with Crippen LogP contribution in [0.5, 0.6) is 0 Å².